The number of nitro groups is 1. The molecule has 0 saturated heterocycles. The van der Waals surface area contributed by atoms with Crippen LogP contribution in [0.15, 0.2) is 30.3 Å². The van der Waals surface area contributed by atoms with E-state index >= 15 is 0 Å². The van der Waals surface area contributed by atoms with Gasteiger partial charge in [0.05, 0.1) is 6.04 Å². The highest BCUT2D eigenvalue weighted by Gasteiger charge is 2.33. The topological polar surface area (TPSA) is 81.5 Å². The summed E-state index contributed by atoms with van der Waals surface area (Å²) in [7, 11) is 0. The maximum absolute atomic E-state index is 11.1. The van der Waals surface area contributed by atoms with Gasteiger partial charge in [0.2, 0.25) is 13.0 Å². The van der Waals surface area contributed by atoms with Crippen molar-refractivity contribution in [3.8, 4) is 0 Å². The van der Waals surface area contributed by atoms with Crippen molar-refractivity contribution in [3.63, 3.8) is 0 Å². The van der Waals surface area contributed by atoms with E-state index in [1.165, 1.54) is 6.42 Å². The number of benzene rings is 1. The van der Waals surface area contributed by atoms with Gasteiger partial charge >= 0.3 is 0 Å². The molecule has 1 fully saturated rings. The molecule has 0 heterocycles. The van der Waals surface area contributed by atoms with Crippen molar-refractivity contribution in [1.29, 1.82) is 0 Å². The number of carbonyl (C=O) groups is 1. The van der Waals surface area contributed by atoms with Crippen molar-refractivity contribution < 1.29 is 14.5 Å². The van der Waals surface area contributed by atoms with Crippen molar-refractivity contribution in [2.24, 2.45) is 5.92 Å². The molecule has 2 rings (SSSR count). The van der Waals surface area contributed by atoms with Crippen molar-refractivity contribution >= 4 is 6.41 Å². The Balaban J connectivity index is 2.18. The summed E-state index contributed by atoms with van der Waals surface area (Å²) in [6.45, 7) is 1.66. The van der Waals surface area contributed by atoms with E-state index in [1.807, 2.05) is 37.3 Å². The van der Waals surface area contributed by atoms with Gasteiger partial charge in [-0.25, -0.2) is 0 Å². The summed E-state index contributed by atoms with van der Waals surface area (Å²) in [4.78, 5) is 21.7. The average Bonchev–Trinajstić information content (AvgIpc) is 2.60. The fraction of sp³-hybridized carbons (Fsp3) is 0.611. The Morgan fingerprint density at radius 2 is 1.96 bits per heavy atom. The minimum Gasteiger partial charge on any atom is -0.361 e. The summed E-state index contributed by atoms with van der Waals surface area (Å²) >= 11 is 0. The monoisotopic (exact) mass is 334 g/mol. The lowest BCUT2D eigenvalue weighted by Gasteiger charge is -2.33. The van der Waals surface area contributed by atoms with Gasteiger partial charge < -0.3 is 10.1 Å². The number of carbonyl (C=O) groups excluding carboxylic acids is 1. The minimum atomic E-state index is -0.429. The fourth-order valence-corrected chi connectivity index (χ4v) is 3.47. The lowest BCUT2D eigenvalue weighted by atomic mass is 9.85. The molecule has 6 nitrogen and oxygen atoms in total. The summed E-state index contributed by atoms with van der Waals surface area (Å²) in [5.41, 5.74) is 0.920. The predicted octanol–water partition coefficient (Wildman–Crippen LogP) is 3.10. The third-order valence-electron chi connectivity index (χ3n) is 4.74. The highest BCUT2D eigenvalue weighted by molar-refractivity contribution is 5.47. The Hall–Kier alpha value is -1.95. The summed E-state index contributed by atoms with van der Waals surface area (Å²) in [5, 5.41) is 13.8. The standard InChI is InChI=1S/C18H26N2O4/c1-14(19-13-21)18(16-10-6-3-7-11-16)24-17(12-20(22)23)15-8-4-2-5-9-15/h3,6-7,10-11,13-15,17-18H,2,4-5,8-9,12H2,1H3,(H,19,21)/t14-,17-,18-/m0/s1. The van der Waals surface area contributed by atoms with Gasteiger partial charge in [0.25, 0.3) is 0 Å². The molecule has 3 atom stereocenters. The first-order chi connectivity index (χ1) is 11.6. The highest BCUT2D eigenvalue weighted by Crippen LogP contribution is 2.32. The molecule has 1 aliphatic rings. The number of hydrogen-bond acceptors (Lipinski definition) is 4. The molecule has 1 aromatic rings. The SMILES string of the molecule is C[C@H](NC=O)[C@H](O[C@@H](C[N+](=O)[O-])C1CCCCC1)c1ccccc1. The lowest BCUT2D eigenvalue weighted by Crippen LogP contribution is -2.39. The van der Waals surface area contributed by atoms with E-state index in [1.54, 1.807) is 0 Å². The molecule has 1 aromatic carbocycles. The van der Waals surface area contributed by atoms with Gasteiger partial charge in [-0.2, -0.15) is 0 Å². The lowest BCUT2D eigenvalue weighted by molar-refractivity contribution is -0.495. The predicted molar refractivity (Wildman–Crippen MR) is 91.2 cm³/mol. The van der Waals surface area contributed by atoms with Gasteiger partial charge in [0.15, 0.2) is 0 Å². The molecule has 0 unspecified atom stereocenters. The zero-order valence-electron chi connectivity index (χ0n) is 14.1. The van der Waals surface area contributed by atoms with E-state index in [9.17, 15) is 14.9 Å². The van der Waals surface area contributed by atoms with Crippen LogP contribution >= 0.6 is 0 Å². The van der Waals surface area contributed by atoms with Crippen LogP contribution in [0, 0.1) is 16.0 Å². The normalized spacial score (nSPS) is 19.2. The summed E-state index contributed by atoms with van der Waals surface area (Å²) in [6, 6.07) is 9.32. The fourth-order valence-electron chi connectivity index (χ4n) is 3.47. The first-order valence-corrected chi connectivity index (χ1v) is 8.63. The number of nitrogens with zero attached hydrogens (tertiary/aromatic N) is 1. The molecular formula is C18H26N2O4. The Labute approximate surface area is 142 Å². The Morgan fingerprint density at radius 1 is 1.29 bits per heavy atom. The summed E-state index contributed by atoms with van der Waals surface area (Å²) < 4.78 is 6.24. The van der Waals surface area contributed by atoms with E-state index in [0.717, 1.165) is 31.2 Å². The van der Waals surface area contributed by atoms with Gasteiger partial charge in [-0.05, 0) is 31.2 Å². The third-order valence-corrected chi connectivity index (χ3v) is 4.74. The van der Waals surface area contributed by atoms with Gasteiger partial charge in [-0.15, -0.1) is 0 Å². The smallest absolute Gasteiger partial charge is 0.230 e. The molecule has 24 heavy (non-hydrogen) atoms. The number of ether oxygens (including phenoxy) is 1. The molecule has 0 radical (unpaired) electrons. The molecule has 0 aliphatic heterocycles. The highest BCUT2D eigenvalue weighted by atomic mass is 16.6. The van der Waals surface area contributed by atoms with Crippen LogP contribution in [-0.4, -0.2) is 30.0 Å². The quantitative estimate of drug-likeness (QED) is 0.427. The van der Waals surface area contributed by atoms with Crippen LogP contribution in [0.25, 0.3) is 0 Å². The van der Waals surface area contributed by atoms with E-state index in [4.69, 9.17) is 4.74 Å². The van der Waals surface area contributed by atoms with Gasteiger partial charge in [0, 0.05) is 4.92 Å². The Morgan fingerprint density at radius 3 is 2.54 bits per heavy atom. The number of amides is 1. The van der Waals surface area contributed by atoms with Gasteiger partial charge in [-0.1, -0.05) is 49.6 Å². The molecule has 132 valence electrons. The maximum Gasteiger partial charge on any atom is 0.230 e. The van der Waals surface area contributed by atoms with Crippen molar-refractivity contribution in [2.45, 2.75) is 57.3 Å². The Kier molecular flexibility index (Phi) is 7.18. The van der Waals surface area contributed by atoms with Gasteiger partial charge in [-0.3, -0.25) is 14.9 Å². The van der Waals surface area contributed by atoms with Crippen molar-refractivity contribution in [2.75, 3.05) is 6.54 Å². The molecule has 1 saturated carbocycles. The molecule has 1 amide bonds. The van der Waals surface area contributed by atoms with E-state index in [-0.39, 0.29) is 23.4 Å². The molecule has 0 spiro atoms. The molecule has 6 heteroatoms. The van der Waals surface area contributed by atoms with E-state index < -0.39 is 12.2 Å². The summed E-state index contributed by atoms with van der Waals surface area (Å²) in [6.07, 6.45) is 5.14. The molecule has 0 aromatic heterocycles. The number of rotatable bonds is 9. The number of hydrogen-bond donors (Lipinski definition) is 1. The average molecular weight is 334 g/mol. The second kappa shape index (κ2) is 9.37. The van der Waals surface area contributed by atoms with Crippen LogP contribution in [0.1, 0.15) is 50.7 Å². The maximum atomic E-state index is 11.1. The van der Waals surface area contributed by atoms with Crippen LogP contribution in [0.4, 0.5) is 0 Å². The zero-order valence-corrected chi connectivity index (χ0v) is 14.1. The second-order valence-corrected chi connectivity index (χ2v) is 6.49. The van der Waals surface area contributed by atoms with Crippen LogP contribution in [0.5, 0.6) is 0 Å². The Bertz CT molecular complexity index is 517. The molecule has 1 aliphatic carbocycles. The zero-order chi connectivity index (χ0) is 17.4. The van der Waals surface area contributed by atoms with Crippen LogP contribution < -0.4 is 5.32 Å². The first kappa shape index (κ1) is 18.4. The van der Waals surface area contributed by atoms with Crippen LogP contribution in [-0.2, 0) is 9.53 Å². The summed E-state index contributed by atoms with van der Waals surface area (Å²) in [5.74, 6) is 0.207. The molecule has 1 N–H and O–H groups in total. The largest absolute Gasteiger partial charge is 0.361 e. The van der Waals surface area contributed by atoms with Gasteiger partial charge in [0.1, 0.15) is 12.2 Å². The minimum absolute atomic E-state index is 0.193. The third kappa shape index (κ3) is 5.30. The number of nitrogens with one attached hydrogen (secondary N) is 1. The molecular weight excluding hydrogens is 308 g/mol. The van der Waals surface area contributed by atoms with Crippen molar-refractivity contribution in [1.82, 2.24) is 5.32 Å². The molecule has 0 bridgehead atoms. The van der Waals surface area contributed by atoms with Crippen molar-refractivity contribution in [3.05, 3.63) is 46.0 Å². The van der Waals surface area contributed by atoms with E-state index in [2.05, 4.69) is 5.32 Å². The van der Waals surface area contributed by atoms with E-state index in [0.29, 0.717) is 6.41 Å². The first-order valence-electron chi connectivity index (χ1n) is 8.63. The van der Waals surface area contributed by atoms with Crippen LogP contribution in [0.3, 0.4) is 0 Å². The van der Waals surface area contributed by atoms with Crippen LogP contribution in [0.2, 0.25) is 0 Å². The second-order valence-electron chi connectivity index (χ2n) is 6.49.